The summed E-state index contributed by atoms with van der Waals surface area (Å²) in [5, 5.41) is 4.15. The van der Waals surface area contributed by atoms with Crippen LogP contribution in [0.4, 0.5) is 13.2 Å². The highest BCUT2D eigenvalue weighted by Gasteiger charge is 2.33. The quantitative estimate of drug-likeness (QED) is 0.167. The molecule has 0 fully saturated rings. The zero-order chi connectivity index (χ0) is 53.9. The minimum Gasteiger partial charge on any atom is -0.309 e. The van der Waals surface area contributed by atoms with Gasteiger partial charge in [-0.3, -0.25) is 0 Å². The van der Waals surface area contributed by atoms with E-state index in [9.17, 15) is 0 Å². The summed E-state index contributed by atoms with van der Waals surface area (Å²) in [7, 11) is 0. The molecule has 0 aliphatic rings. The normalized spacial score (nSPS) is 12.9. The largest absolute Gasteiger partial charge is 0.416 e. The molecule has 3 aromatic heterocycles. The van der Waals surface area contributed by atoms with Crippen molar-refractivity contribution < 1.29 is 13.2 Å². The van der Waals surface area contributed by atoms with E-state index >= 15 is 13.2 Å². The van der Waals surface area contributed by atoms with E-state index in [1.807, 2.05) is 71.3 Å². The van der Waals surface area contributed by atoms with E-state index in [4.69, 9.17) is 15.0 Å². The van der Waals surface area contributed by atoms with Crippen LogP contribution >= 0.6 is 0 Å². The first-order valence-corrected chi connectivity index (χ1v) is 26.2. The summed E-state index contributed by atoms with van der Waals surface area (Å²) in [5.74, 6) is 1.44. The van der Waals surface area contributed by atoms with Gasteiger partial charge in [-0.15, -0.1) is 0 Å². The molecule has 0 saturated heterocycles. The van der Waals surface area contributed by atoms with Gasteiger partial charge in [-0.05, 0) is 123 Å². The van der Waals surface area contributed by atoms with Crippen LogP contribution in [0.5, 0.6) is 0 Å². The highest BCUT2D eigenvalue weighted by atomic mass is 19.4. The SMILES string of the molecule is CC(C)(C)c1ccc2c(c1)c1cc(C(C)(C)C)ccc1n2-c1ccc(-c2nc(-c3ccccc3)nc(-c3ccccc3)n2)cc1-c1ccc(C(F)(F)F)cc1-n1c2ccc(C(C)(C)C)cc2c2cc(C(C)(C)C)ccc21. The van der Waals surface area contributed by atoms with Gasteiger partial charge >= 0.3 is 6.18 Å². The van der Waals surface area contributed by atoms with Crippen LogP contribution in [0, 0.1) is 0 Å². The zero-order valence-electron chi connectivity index (χ0n) is 45.5. The number of hydrogen-bond acceptors (Lipinski definition) is 3. The van der Waals surface area contributed by atoms with Gasteiger partial charge in [0.25, 0.3) is 0 Å². The van der Waals surface area contributed by atoms with Crippen molar-refractivity contribution in [2.75, 3.05) is 0 Å². The third kappa shape index (κ3) is 9.05. The molecule has 5 nitrogen and oxygen atoms in total. The van der Waals surface area contributed by atoms with Gasteiger partial charge in [-0.2, -0.15) is 13.2 Å². The van der Waals surface area contributed by atoms with Crippen molar-refractivity contribution >= 4 is 43.6 Å². The minimum absolute atomic E-state index is 0.127. The van der Waals surface area contributed by atoms with Gasteiger partial charge in [0.05, 0.1) is 39.0 Å². The first kappa shape index (κ1) is 50.3. The summed E-state index contributed by atoms with van der Waals surface area (Å²) in [5.41, 5.74) is 11.8. The fourth-order valence-corrected chi connectivity index (χ4v) is 10.6. The Balaban J connectivity index is 1.28. The Morgan fingerprint density at radius 1 is 0.303 bits per heavy atom. The molecule has 0 aliphatic heterocycles. The van der Waals surface area contributed by atoms with Crippen molar-refractivity contribution in [1.82, 2.24) is 24.1 Å². The zero-order valence-corrected chi connectivity index (χ0v) is 45.5. The lowest BCUT2D eigenvalue weighted by molar-refractivity contribution is -0.137. The Hall–Kier alpha value is -7.84. The average Bonchev–Trinajstić information content (AvgIpc) is 3.94. The molecule has 382 valence electrons. The monoisotopic (exact) mass is 1010 g/mol. The lowest BCUT2D eigenvalue weighted by Gasteiger charge is -2.22. The Bertz CT molecular complexity index is 3860. The van der Waals surface area contributed by atoms with Gasteiger partial charge in [0.1, 0.15) is 0 Å². The lowest BCUT2D eigenvalue weighted by Crippen LogP contribution is -2.11. The van der Waals surface area contributed by atoms with E-state index in [1.165, 1.54) is 23.3 Å². The molecule has 0 amide bonds. The highest BCUT2D eigenvalue weighted by Crippen LogP contribution is 2.46. The molecule has 0 aliphatic carbocycles. The number of nitrogens with zero attached hydrogens (tertiary/aromatic N) is 5. The Morgan fingerprint density at radius 3 is 1.00 bits per heavy atom. The second kappa shape index (κ2) is 17.9. The number of benzene rings is 8. The van der Waals surface area contributed by atoms with Gasteiger partial charge in [0.15, 0.2) is 17.5 Å². The predicted octanol–water partition coefficient (Wildman–Crippen LogP) is 18.9. The number of fused-ring (bicyclic) bond motifs is 6. The summed E-state index contributed by atoms with van der Waals surface area (Å²) >= 11 is 0. The van der Waals surface area contributed by atoms with Crippen LogP contribution in [0.2, 0.25) is 0 Å². The second-order valence-electron chi connectivity index (χ2n) is 24.6. The fraction of sp³-hybridized carbons (Fsp3) is 0.250. The number of halogens is 3. The van der Waals surface area contributed by atoms with Crippen LogP contribution in [-0.4, -0.2) is 24.1 Å². The standard InChI is InChI=1S/C68H64F3N5/c1-64(2,3)44-25-31-56-51(36-44)52-37-45(65(4,5)6)26-32-57(52)75(56)55-30-23-43(63-73-61(41-19-15-13-16-20-41)72-62(74-63)42-21-17-14-18-22-42)35-50(55)49-29-24-48(68(69,70)71)40-60(49)76-58-33-27-46(66(7,8)9)38-53(58)54-39-47(67(10,11)12)28-34-59(54)76/h13-40H,1-12H3. The Kier molecular flexibility index (Phi) is 11.9. The number of hydrogen-bond donors (Lipinski definition) is 0. The molecule has 0 radical (unpaired) electrons. The van der Waals surface area contributed by atoms with Gasteiger partial charge in [0.2, 0.25) is 0 Å². The minimum atomic E-state index is -4.63. The molecule has 8 heteroatoms. The smallest absolute Gasteiger partial charge is 0.309 e. The van der Waals surface area contributed by atoms with Crippen molar-refractivity contribution in [3.63, 3.8) is 0 Å². The Labute approximate surface area is 444 Å². The molecule has 0 bridgehead atoms. The Morgan fingerprint density at radius 2 is 0.645 bits per heavy atom. The van der Waals surface area contributed by atoms with Crippen molar-refractivity contribution in [2.45, 2.75) is 111 Å². The molecule has 8 aromatic carbocycles. The van der Waals surface area contributed by atoms with Crippen molar-refractivity contribution in [1.29, 1.82) is 0 Å². The summed E-state index contributed by atoms with van der Waals surface area (Å²) in [6.07, 6.45) is -4.63. The summed E-state index contributed by atoms with van der Waals surface area (Å²) in [6, 6.07) is 56.4. The first-order valence-electron chi connectivity index (χ1n) is 26.2. The third-order valence-electron chi connectivity index (χ3n) is 15.0. The molecule has 76 heavy (non-hydrogen) atoms. The summed E-state index contributed by atoms with van der Waals surface area (Å²) in [6.45, 7) is 26.5. The number of rotatable bonds is 6. The molecule has 11 aromatic rings. The van der Waals surface area contributed by atoms with E-state index < -0.39 is 11.7 Å². The van der Waals surface area contributed by atoms with E-state index in [1.54, 1.807) is 6.07 Å². The van der Waals surface area contributed by atoms with E-state index in [-0.39, 0.29) is 21.7 Å². The van der Waals surface area contributed by atoms with Crippen LogP contribution in [0.1, 0.15) is 111 Å². The number of alkyl halides is 3. The molecule has 0 unspecified atom stereocenters. The van der Waals surface area contributed by atoms with Gasteiger partial charge in [-0.1, -0.05) is 174 Å². The molecular weight excluding hydrogens is 944 g/mol. The maximum Gasteiger partial charge on any atom is 0.416 e. The van der Waals surface area contributed by atoms with Crippen LogP contribution in [0.15, 0.2) is 170 Å². The van der Waals surface area contributed by atoms with Gasteiger partial charge in [0, 0.05) is 49.4 Å². The van der Waals surface area contributed by atoms with Crippen molar-refractivity contribution in [3.8, 4) is 56.7 Å². The van der Waals surface area contributed by atoms with E-state index in [0.717, 1.165) is 71.6 Å². The molecule has 0 spiro atoms. The molecule has 0 N–H and O–H groups in total. The van der Waals surface area contributed by atoms with Crippen LogP contribution < -0.4 is 0 Å². The average molecular weight is 1010 g/mol. The number of aromatic nitrogens is 5. The summed E-state index contributed by atoms with van der Waals surface area (Å²) < 4.78 is 50.6. The van der Waals surface area contributed by atoms with Crippen molar-refractivity contribution in [3.05, 3.63) is 198 Å². The molecule has 0 atom stereocenters. The van der Waals surface area contributed by atoms with E-state index in [0.29, 0.717) is 39.9 Å². The topological polar surface area (TPSA) is 48.5 Å². The highest BCUT2D eigenvalue weighted by molar-refractivity contribution is 6.12. The van der Waals surface area contributed by atoms with Crippen LogP contribution in [0.3, 0.4) is 0 Å². The maximum atomic E-state index is 15.4. The second-order valence-corrected chi connectivity index (χ2v) is 24.6. The van der Waals surface area contributed by atoms with Gasteiger partial charge < -0.3 is 9.13 Å². The fourth-order valence-electron chi connectivity index (χ4n) is 10.6. The van der Waals surface area contributed by atoms with Crippen LogP contribution in [-0.2, 0) is 27.8 Å². The first-order chi connectivity index (χ1) is 35.8. The van der Waals surface area contributed by atoms with Crippen LogP contribution in [0.25, 0.3) is 100 Å². The molecule has 11 rings (SSSR count). The molecule has 3 heterocycles. The predicted molar refractivity (Wildman–Crippen MR) is 310 cm³/mol. The molecule has 0 saturated carbocycles. The van der Waals surface area contributed by atoms with Gasteiger partial charge in [-0.25, -0.2) is 15.0 Å². The summed E-state index contributed by atoms with van der Waals surface area (Å²) in [4.78, 5) is 15.3. The van der Waals surface area contributed by atoms with E-state index in [2.05, 4.69) is 173 Å². The molecular formula is C68H64F3N5. The van der Waals surface area contributed by atoms with Crippen molar-refractivity contribution in [2.24, 2.45) is 0 Å². The lowest BCUT2D eigenvalue weighted by atomic mass is 9.85. The maximum absolute atomic E-state index is 15.4. The third-order valence-corrected chi connectivity index (χ3v) is 15.0.